The number of carbonyl (C=O) groups is 4. The van der Waals surface area contributed by atoms with Crippen molar-refractivity contribution in [3.8, 4) is 0 Å². The van der Waals surface area contributed by atoms with Gasteiger partial charge in [0.05, 0.1) is 12.5 Å². The lowest BCUT2D eigenvalue weighted by atomic mass is 10.1. The minimum atomic E-state index is -1.60. The van der Waals surface area contributed by atoms with Crippen molar-refractivity contribution in [1.29, 1.82) is 0 Å². The summed E-state index contributed by atoms with van der Waals surface area (Å²) in [6.45, 7) is 0.482. The zero-order valence-electron chi connectivity index (χ0n) is 13.1. The second kappa shape index (κ2) is 11.6. The fourth-order valence-electron chi connectivity index (χ4n) is 1.76. The summed E-state index contributed by atoms with van der Waals surface area (Å²) in [5, 5.41) is 22.0. The molecule has 0 aromatic rings. The van der Waals surface area contributed by atoms with Gasteiger partial charge in [-0.25, -0.2) is 4.79 Å². The molecule has 0 radical (unpaired) electrons. The fraction of sp³-hybridized carbons (Fsp3) is 0.692. The maximum Gasteiger partial charge on any atom is 0.326 e. The highest BCUT2D eigenvalue weighted by Gasteiger charge is 2.28. The third-order valence-electron chi connectivity index (χ3n) is 3.11. The highest BCUT2D eigenvalue weighted by molar-refractivity contribution is 7.80. The van der Waals surface area contributed by atoms with Crippen molar-refractivity contribution in [3.05, 3.63) is 0 Å². The number of hydrogen-bond donors (Lipinski definition) is 7. The molecule has 0 rings (SSSR count). The Bertz CT molecular complexity index is 462. The van der Waals surface area contributed by atoms with Gasteiger partial charge in [-0.15, -0.1) is 0 Å². The molecule has 0 unspecified atom stereocenters. The number of unbranched alkanes of at least 4 members (excludes halogenated alkanes) is 1. The number of amides is 2. The van der Waals surface area contributed by atoms with Crippen molar-refractivity contribution in [1.82, 2.24) is 10.6 Å². The fourth-order valence-corrected chi connectivity index (χ4v) is 2.02. The average Bonchev–Trinajstić information content (AvgIpc) is 2.50. The Kier molecular flexibility index (Phi) is 10.8. The molecular weight excluding hydrogens is 340 g/mol. The van der Waals surface area contributed by atoms with Crippen molar-refractivity contribution in [2.45, 2.75) is 43.8 Å². The summed E-state index contributed by atoms with van der Waals surface area (Å²) in [4.78, 5) is 45.5. The van der Waals surface area contributed by atoms with Crippen molar-refractivity contribution in [2.24, 2.45) is 11.5 Å². The Morgan fingerprint density at radius 3 is 2.04 bits per heavy atom. The molecule has 10 nitrogen and oxygen atoms in total. The lowest BCUT2D eigenvalue weighted by Crippen LogP contribution is -2.55. The summed E-state index contributed by atoms with van der Waals surface area (Å²) in [5.41, 5.74) is 11.0. The average molecular weight is 364 g/mol. The van der Waals surface area contributed by atoms with Crippen LogP contribution in [0.2, 0.25) is 0 Å². The monoisotopic (exact) mass is 364 g/mol. The second-order valence-electron chi connectivity index (χ2n) is 5.13. The van der Waals surface area contributed by atoms with E-state index in [0.717, 1.165) is 0 Å². The first kappa shape index (κ1) is 22.1. The zero-order chi connectivity index (χ0) is 18.7. The van der Waals surface area contributed by atoms with Crippen LogP contribution in [0, 0.1) is 0 Å². The zero-order valence-corrected chi connectivity index (χ0v) is 14.0. The lowest BCUT2D eigenvalue weighted by molar-refractivity contribution is -0.147. The number of thiol groups is 1. The van der Waals surface area contributed by atoms with Crippen molar-refractivity contribution >= 4 is 36.4 Å². The van der Waals surface area contributed by atoms with Crippen LogP contribution in [0.25, 0.3) is 0 Å². The standard InChI is InChI=1S/C13H24N4O6S/c14-4-2-1-3-7(15)11(20)17-9(6-24)12(21)16-8(13(22)23)5-10(18)19/h7-9,24H,1-6,14-15H2,(H,16,21)(H,17,20)(H,18,19)(H,22,23)/t7-,8-,9-/m0/s1. The first-order valence-corrected chi connectivity index (χ1v) is 7.98. The number of carboxylic acids is 2. The maximum atomic E-state index is 12.0. The van der Waals surface area contributed by atoms with Crippen LogP contribution in [0.3, 0.4) is 0 Å². The largest absolute Gasteiger partial charge is 0.481 e. The Morgan fingerprint density at radius 2 is 1.58 bits per heavy atom. The molecule has 138 valence electrons. The third-order valence-corrected chi connectivity index (χ3v) is 3.48. The number of aliphatic carboxylic acids is 2. The van der Waals surface area contributed by atoms with Gasteiger partial charge in [0.25, 0.3) is 0 Å². The van der Waals surface area contributed by atoms with E-state index in [-0.39, 0.29) is 5.75 Å². The molecule has 11 heteroatoms. The van der Waals surface area contributed by atoms with Gasteiger partial charge in [0.2, 0.25) is 11.8 Å². The van der Waals surface area contributed by atoms with Gasteiger partial charge in [0.15, 0.2) is 0 Å². The van der Waals surface area contributed by atoms with Crippen LogP contribution in [-0.4, -0.2) is 64.4 Å². The molecule has 0 aliphatic carbocycles. The van der Waals surface area contributed by atoms with Crippen LogP contribution in [0.5, 0.6) is 0 Å². The van der Waals surface area contributed by atoms with Crippen molar-refractivity contribution < 1.29 is 29.4 Å². The van der Waals surface area contributed by atoms with Gasteiger partial charge < -0.3 is 32.3 Å². The molecule has 0 aromatic heterocycles. The molecule has 0 aliphatic rings. The van der Waals surface area contributed by atoms with Crippen LogP contribution in [-0.2, 0) is 19.2 Å². The minimum Gasteiger partial charge on any atom is -0.481 e. The second-order valence-corrected chi connectivity index (χ2v) is 5.50. The normalized spacial score (nSPS) is 14.3. The molecule has 0 aromatic carbocycles. The molecule has 0 spiro atoms. The van der Waals surface area contributed by atoms with E-state index >= 15 is 0 Å². The molecule has 0 bridgehead atoms. The number of carbonyl (C=O) groups excluding carboxylic acids is 2. The SMILES string of the molecule is NCCCC[C@H](N)C(=O)N[C@@H](CS)C(=O)N[C@@H](CC(=O)O)C(=O)O. The van der Waals surface area contributed by atoms with E-state index in [1.165, 1.54) is 0 Å². The molecule has 0 saturated carbocycles. The summed E-state index contributed by atoms with van der Waals surface area (Å²) in [6, 6.07) is -3.56. The van der Waals surface area contributed by atoms with E-state index < -0.39 is 48.3 Å². The van der Waals surface area contributed by atoms with E-state index in [1.807, 2.05) is 0 Å². The third kappa shape index (κ3) is 8.70. The molecule has 0 heterocycles. The quantitative estimate of drug-likeness (QED) is 0.152. The first-order valence-electron chi connectivity index (χ1n) is 7.34. The predicted molar refractivity (Wildman–Crippen MR) is 88.5 cm³/mol. The topological polar surface area (TPSA) is 185 Å². The van der Waals surface area contributed by atoms with Gasteiger partial charge in [-0.1, -0.05) is 6.42 Å². The number of nitrogens with two attached hydrogens (primary N) is 2. The van der Waals surface area contributed by atoms with Crippen LogP contribution < -0.4 is 22.1 Å². The molecule has 3 atom stereocenters. The van der Waals surface area contributed by atoms with Crippen LogP contribution in [0.1, 0.15) is 25.7 Å². The van der Waals surface area contributed by atoms with Gasteiger partial charge in [-0.2, -0.15) is 12.6 Å². The highest BCUT2D eigenvalue weighted by atomic mass is 32.1. The highest BCUT2D eigenvalue weighted by Crippen LogP contribution is 2.00. The summed E-state index contributed by atoms with van der Waals surface area (Å²) in [6.07, 6.45) is 0.975. The smallest absolute Gasteiger partial charge is 0.326 e. The van der Waals surface area contributed by atoms with Gasteiger partial charge >= 0.3 is 11.9 Å². The first-order chi connectivity index (χ1) is 11.2. The Hall–Kier alpha value is -1.85. The predicted octanol–water partition coefficient (Wildman–Crippen LogP) is -2.10. The molecule has 0 saturated heterocycles. The number of carboxylic acid groups (broad SMARTS) is 2. The summed E-state index contributed by atoms with van der Waals surface area (Å²) >= 11 is 3.93. The van der Waals surface area contributed by atoms with Crippen molar-refractivity contribution in [2.75, 3.05) is 12.3 Å². The van der Waals surface area contributed by atoms with E-state index in [0.29, 0.717) is 25.8 Å². The maximum absolute atomic E-state index is 12.0. The summed E-state index contributed by atoms with van der Waals surface area (Å²) in [5.74, 6) is -4.40. The van der Waals surface area contributed by atoms with Crippen LogP contribution >= 0.6 is 12.6 Å². The Labute approximate surface area is 144 Å². The summed E-state index contributed by atoms with van der Waals surface area (Å²) in [7, 11) is 0. The van der Waals surface area contributed by atoms with Crippen molar-refractivity contribution in [3.63, 3.8) is 0 Å². The van der Waals surface area contributed by atoms with Gasteiger partial charge in [0, 0.05) is 5.75 Å². The number of rotatable bonds is 12. The van der Waals surface area contributed by atoms with Gasteiger partial charge in [-0.3, -0.25) is 14.4 Å². The van der Waals surface area contributed by atoms with Crippen LogP contribution in [0.4, 0.5) is 0 Å². The van der Waals surface area contributed by atoms with E-state index in [2.05, 4.69) is 23.3 Å². The molecule has 24 heavy (non-hydrogen) atoms. The Morgan fingerprint density at radius 1 is 1.00 bits per heavy atom. The number of hydrogen-bond acceptors (Lipinski definition) is 7. The van der Waals surface area contributed by atoms with E-state index in [1.54, 1.807) is 0 Å². The molecular formula is C13H24N4O6S. The van der Waals surface area contributed by atoms with Gasteiger partial charge in [0.1, 0.15) is 12.1 Å². The van der Waals surface area contributed by atoms with Gasteiger partial charge in [-0.05, 0) is 19.4 Å². The van der Waals surface area contributed by atoms with Crippen LogP contribution in [0.15, 0.2) is 0 Å². The number of nitrogens with one attached hydrogen (secondary N) is 2. The molecule has 2 amide bonds. The lowest BCUT2D eigenvalue weighted by Gasteiger charge is -2.21. The molecule has 0 fully saturated rings. The minimum absolute atomic E-state index is 0.105. The Balaban J connectivity index is 4.64. The van der Waals surface area contributed by atoms with E-state index in [9.17, 15) is 19.2 Å². The summed E-state index contributed by atoms with van der Waals surface area (Å²) < 4.78 is 0. The molecule has 8 N–H and O–H groups in total. The van der Waals surface area contributed by atoms with E-state index in [4.69, 9.17) is 21.7 Å². The molecule has 0 aliphatic heterocycles.